The largest absolute Gasteiger partial charge is 0.466 e. The van der Waals surface area contributed by atoms with Gasteiger partial charge in [-0.25, -0.2) is 4.79 Å². The standard InChI is InChI=1S/C14H27NO2S/c1-4-13(14(16)17-2)9-11-15-10-7-5-6-8-12-18-3/h9,15H,4-8,10-12H2,1-3H3. The highest BCUT2D eigenvalue weighted by Crippen LogP contribution is 2.04. The first-order chi connectivity index (χ1) is 8.76. The Morgan fingerprint density at radius 3 is 2.61 bits per heavy atom. The van der Waals surface area contributed by atoms with Gasteiger partial charge in [-0.1, -0.05) is 25.8 Å². The van der Waals surface area contributed by atoms with Gasteiger partial charge in [0.25, 0.3) is 0 Å². The molecule has 0 unspecified atom stereocenters. The summed E-state index contributed by atoms with van der Waals surface area (Å²) in [4.78, 5) is 11.3. The number of unbranched alkanes of at least 4 members (excludes halogenated alkanes) is 3. The van der Waals surface area contributed by atoms with E-state index in [1.54, 1.807) is 0 Å². The molecule has 0 saturated carbocycles. The van der Waals surface area contributed by atoms with Crippen molar-refractivity contribution in [2.45, 2.75) is 39.0 Å². The van der Waals surface area contributed by atoms with Gasteiger partial charge in [0.05, 0.1) is 7.11 Å². The normalized spacial score (nSPS) is 11.6. The Bertz CT molecular complexity index is 242. The quantitative estimate of drug-likeness (QED) is 0.357. The maximum absolute atomic E-state index is 11.3. The minimum absolute atomic E-state index is 0.212. The molecule has 18 heavy (non-hydrogen) atoms. The van der Waals surface area contributed by atoms with Gasteiger partial charge in [0.1, 0.15) is 0 Å². The van der Waals surface area contributed by atoms with Crippen LogP contribution in [0.5, 0.6) is 0 Å². The van der Waals surface area contributed by atoms with Crippen LogP contribution in [0.15, 0.2) is 11.6 Å². The summed E-state index contributed by atoms with van der Waals surface area (Å²) in [7, 11) is 1.42. The topological polar surface area (TPSA) is 38.3 Å². The fourth-order valence-corrected chi connectivity index (χ4v) is 2.14. The zero-order valence-corrected chi connectivity index (χ0v) is 12.8. The van der Waals surface area contributed by atoms with Crippen LogP contribution in [0.2, 0.25) is 0 Å². The molecule has 0 aromatic carbocycles. The highest BCUT2D eigenvalue weighted by molar-refractivity contribution is 7.98. The zero-order valence-electron chi connectivity index (χ0n) is 12.0. The van der Waals surface area contributed by atoms with E-state index in [-0.39, 0.29) is 5.97 Å². The van der Waals surface area contributed by atoms with Gasteiger partial charge in [0.2, 0.25) is 0 Å². The molecular weight excluding hydrogens is 246 g/mol. The van der Waals surface area contributed by atoms with E-state index >= 15 is 0 Å². The number of methoxy groups -OCH3 is 1. The van der Waals surface area contributed by atoms with Crippen LogP contribution in [-0.4, -0.2) is 38.2 Å². The van der Waals surface area contributed by atoms with Crippen molar-refractivity contribution in [3.63, 3.8) is 0 Å². The van der Waals surface area contributed by atoms with Crippen LogP contribution < -0.4 is 5.32 Å². The second-order valence-electron chi connectivity index (χ2n) is 4.19. The van der Waals surface area contributed by atoms with Crippen LogP contribution in [-0.2, 0) is 9.53 Å². The molecule has 1 N–H and O–H groups in total. The molecule has 0 heterocycles. The number of thioether (sulfide) groups is 1. The molecular formula is C14H27NO2S. The summed E-state index contributed by atoms with van der Waals surface area (Å²) in [6.45, 7) is 3.74. The fourth-order valence-electron chi connectivity index (χ4n) is 1.65. The summed E-state index contributed by atoms with van der Waals surface area (Å²) < 4.78 is 4.70. The molecule has 0 aliphatic rings. The van der Waals surface area contributed by atoms with Crippen LogP contribution in [0.3, 0.4) is 0 Å². The average molecular weight is 273 g/mol. The lowest BCUT2D eigenvalue weighted by Gasteiger charge is -2.04. The van der Waals surface area contributed by atoms with E-state index in [0.29, 0.717) is 0 Å². The molecule has 0 atom stereocenters. The summed E-state index contributed by atoms with van der Waals surface area (Å²) in [5.41, 5.74) is 0.755. The molecule has 0 amide bonds. The number of esters is 1. The minimum atomic E-state index is -0.212. The lowest BCUT2D eigenvalue weighted by Crippen LogP contribution is -2.16. The van der Waals surface area contributed by atoms with Crippen LogP contribution in [0, 0.1) is 0 Å². The summed E-state index contributed by atoms with van der Waals surface area (Å²) in [6, 6.07) is 0. The molecule has 0 aliphatic heterocycles. The van der Waals surface area contributed by atoms with Crippen molar-refractivity contribution in [3.8, 4) is 0 Å². The summed E-state index contributed by atoms with van der Waals surface area (Å²) in [6.07, 6.45) is 9.95. The molecule has 0 radical (unpaired) electrons. The molecule has 0 rings (SSSR count). The molecule has 0 aromatic heterocycles. The molecule has 0 spiro atoms. The number of hydrogen-bond acceptors (Lipinski definition) is 4. The smallest absolute Gasteiger partial charge is 0.333 e. The Kier molecular flexibility index (Phi) is 12.6. The highest BCUT2D eigenvalue weighted by atomic mass is 32.2. The van der Waals surface area contributed by atoms with E-state index in [1.807, 2.05) is 24.8 Å². The SMILES string of the molecule is CCC(=CCNCCCCCCSC)C(=O)OC. The molecule has 0 aliphatic carbocycles. The van der Waals surface area contributed by atoms with Crippen molar-refractivity contribution in [1.29, 1.82) is 0 Å². The van der Waals surface area contributed by atoms with Crippen molar-refractivity contribution in [2.75, 3.05) is 32.2 Å². The van der Waals surface area contributed by atoms with Crippen molar-refractivity contribution in [3.05, 3.63) is 11.6 Å². The molecule has 0 bridgehead atoms. The van der Waals surface area contributed by atoms with Crippen molar-refractivity contribution < 1.29 is 9.53 Å². The number of carbonyl (C=O) groups excluding carboxylic acids is 1. The third-order valence-electron chi connectivity index (χ3n) is 2.77. The van der Waals surface area contributed by atoms with Crippen LogP contribution in [0.4, 0.5) is 0 Å². The van der Waals surface area contributed by atoms with Crippen LogP contribution in [0.25, 0.3) is 0 Å². The minimum Gasteiger partial charge on any atom is -0.466 e. The van der Waals surface area contributed by atoms with Gasteiger partial charge >= 0.3 is 5.97 Å². The van der Waals surface area contributed by atoms with Crippen molar-refractivity contribution in [1.82, 2.24) is 5.32 Å². The number of rotatable bonds is 11. The second-order valence-corrected chi connectivity index (χ2v) is 5.17. The Labute approximate surface area is 116 Å². The third-order valence-corrected chi connectivity index (χ3v) is 3.47. The number of carbonyl (C=O) groups is 1. The van der Waals surface area contributed by atoms with E-state index in [2.05, 4.69) is 11.6 Å². The van der Waals surface area contributed by atoms with Gasteiger partial charge in [0.15, 0.2) is 0 Å². The van der Waals surface area contributed by atoms with Crippen molar-refractivity contribution in [2.24, 2.45) is 0 Å². The van der Waals surface area contributed by atoms with Crippen LogP contribution >= 0.6 is 11.8 Å². The van der Waals surface area contributed by atoms with Crippen molar-refractivity contribution >= 4 is 17.7 Å². The summed E-state index contributed by atoms with van der Waals surface area (Å²) >= 11 is 1.92. The van der Waals surface area contributed by atoms with E-state index in [4.69, 9.17) is 4.74 Å². The molecule has 0 saturated heterocycles. The average Bonchev–Trinajstić information content (AvgIpc) is 2.40. The predicted molar refractivity (Wildman–Crippen MR) is 80.1 cm³/mol. The number of ether oxygens (including phenoxy) is 1. The predicted octanol–water partition coefficient (Wildman–Crippen LogP) is 3.01. The highest BCUT2D eigenvalue weighted by Gasteiger charge is 2.05. The van der Waals surface area contributed by atoms with Gasteiger partial charge in [-0.2, -0.15) is 11.8 Å². The van der Waals surface area contributed by atoms with Gasteiger partial charge in [-0.3, -0.25) is 0 Å². The van der Waals surface area contributed by atoms with E-state index < -0.39 is 0 Å². The molecule has 0 fully saturated rings. The molecule has 4 heteroatoms. The lowest BCUT2D eigenvalue weighted by molar-refractivity contribution is -0.136. The maximum Gasteiger partial charge on any atom is 0.333 e. The van der Waals surface area contributed by atoms with Gasteiger partial charge in [-0.15, -0.1) is 0 Å². The van der Waals surface area contributed by atoms with E-state index in [1.165, 1.54) is 38.5 Å². The van der Waals surface area contributed by atoms with E-state index in [0.717, 1.165) is 25.1 Å². The fraction of sp³-hybridized carbons (Fsp3) is 0.786. The van der Waals surface area contributed by atoms with Gasteiger partial charge in [0, 0.05) is 12.1 Å². The second kappa shape index (κ2) is 13.0. The Hall–Kier alpha value is -0.480. The summed E-state index contributed by atoms with van der Waals surface area (Å²) in [5.74, 6) is 1.06. The van der Waals surface area contributed by atoms with E-state index in [9.17, 15) is 4.79 Å². The first kappa shape index (κ1) is 17.5. The monoisotopic (exact) mass is 273 g/mol. The Morgan fingerprint density at radius 2 is 2.00 bits per heavy atom. The Balaban J connectivity index is 3.48. The summed E-state index contributed by atoms with van der Waals surface area (Å²) in [5, 5.41) is 3.33. The lowest BCUT2D eigenvalue weighted by atomic mass is 10.2. The molecule has 106 valence electrons. The maximum atomic E-state index is 11.3. The number of hydrogen-bond donors (Lipinski definition) is 1. The Morgan fingerprint density at radius 1 is 1.28 bits per heavy atom. The van der Waals surface area contributed by atoms with Gasteiger partial charge in [-0.05, 0) is 37.8 Å². The first-order valence-corrected chi connectivity index (χ1v) is 8.12. The zero-order chi connectivity index (χ0) is 13.6. The molecule has 0 aromatic rings. The first-order valence-electron chi connectivity index (χ1n) is 6.73. The van der Waals surface area contributed by atoms with Gasteiger partial charge < -0.3 is 10.1 Å². The van der Waals surface area contributed by atoms with Crippen LogP contribution in [0.1, 0.15) is 39.0 Å². The third kappa shape index (κ3) is 9.54. The number of nitrogens with one attached hydrogen (secondary N) is 1. The molecule has 3 nitrogen and oxygen atoms in total.